The summed E-state index contributed by atoms with van der Waals surface area (Å²) in [6.45, 7) is 1.83. The summed E-state index contributed by atoms with van der Waals surface area (Å²) in [5.74, 6) is 0.934. The van der Waals surface area contributed by atoms with Crippen LogP contribution < -0.4 is 10.6 Å². The van der Waals surface area contributed by atoms with Crippen LogP contribution in [-0.2, 0) is 0 Å². The standard InChI is InChI=1S/C17H24ClFN4.HI/c1-20-17(22-13-4-5-13)21-10-12-7-8-23(2)16(12)11-3-6-14(18)15(19)9-11;/h3,6,9,12-13,16H,4-5,7-8,10H2,1-2H3,(H2,20,21,22);1H. The number of hydrogen-bond acceptors (Lipinski definition) is 2. The van der Waals surface area contributed by atoms with Gasteiger partial charge in [-0.05, 0) is 56.5 Å². The summed E-state index contributed by atoms with van der Waals surface area (Å²) < 4.78 is 13.8. The fourth-order valence-electron chi connectivity index (χ4n) is 3.31. The summed E-state index contributed by atoms with van der Waals surface area (Å²) in [5, 5.41) is 7.00. The average molecular weight is 467 g/mol. The molecule has 1 saturated heterocycles. The van der Waals surface area contributed by atoms with Crippen LogP contribution in [0.1, 0.15) is 30.9 Å². The smallest absolute Gasteiger partial charge is 0.191 e. The maximum Gasteiger partial charge on any atom is 0.191 e. The minimum atomic E-state index is -0.345. The van der Waals surface area contributed by atoms with Crippen LogP contribution in [0, 0.1) is 11.7 Å². The Hall–Kier alpha value is -0.600. The molecule has 0 bridgehead atoms. The van der Waals surface area contributed by atoms with Gasteiger partial charge in [-0.25, -0.2) is 4.39 Å². The van der Waals surface area contributed by atoms with Crippen LogP contribution in [0.4, 0.5) is 4.39 Å². The second-order valence-corrected chi connectivity index (χ2v) is 6.93. The molecule has 1 aliphatic carbocycles. The molecule has 2 unspecified atom stereocenters. The molecule has 1 aromatic carbocycles. The van der Waals surface area contributed by atoms with Crippen LogP contribution in [0.2, 0.25) is 5.02 Å². The SMILES string of the molecule is CN=C(NCC1CCN(C)C1c1ccc(Cl)c(F)c1)NC1CC1.I. The van der Waals surface area contributed by atoms with Gasteiger partial charge in [0.25, 0.3) is 0 Å². The normalized spacial score (nSPS) is 24.6. The van der Waals surface area contributed by atoms with Crippen molar-refractivity contribution in [2.45, 2.75) is 31.3 Å². The van der Waals surface area contributed by atoms with Gasteiger partial charge in [-0.15, -0.1) is 24.0 Å². The lowest BCUT2D eigenvalue weighted by Gasteiger charge is -2.26. The van der Waals surface area contributed by atoms with E-state index in [0.717, 1.165) is 31.0 Å². The van der Waals surface area contributed by atoms with Gasteiger partial charge >= 0.3 is 0 Å². The highest BCUT2D eigenvalue weighted by molar-refractivity contribution is 14.0. The van der Waals surface area contributed by atoms with Crippen molar-refractivity contribution < 1.29 is 4.39 Å². The molecule has 4 nitrogen and oxygen atoms in total. The Balaban J connectivity index is 0.00000208. The number of rotatable bonds is 4. The molecule has 1 saturated carbocycles. The lowest BCUT2D eigenvalue weighted by Crippen LogP contribution is -2.41. The quantitative estimate of drug-likeness (QED) is 0.406. The number of aliphatic imine (C=N–C) groups is 1. The minimum absolute atomic E-state index is 0. The third-order valence-electron chi connectivity index (χ3n) is 4.73. The highest BCUT2D eigenvalue weighted by Crippen LogP contribution is 2.36. The topological polar surface area (TPSA) is 39.7 Å². The number of nitrogens with zero attached hydrogens (tertiary/aromatic N) is 2. The monoisotopic (exact) mass is 466 g/mol. The summed E-state index contributed by atoms with van der Waals surface area (Å²) in [6, 6.07) is 5.93. The first-order valence-electron chi connectivity index (χ1n) is 8.21. The molecule has 3 rings (SSSR count). The molecule has 134 valence electrons. The Kier molecular flexibility index (Phi) is 7.12. The van der Waals surface area contributed by atoms with E-state index < -0.39 is 0 Å². The fraction of sp³-hybridized carbons (Fsp3) is 0.588. The van der Waals surface area contributed by atoms with Crippen molar-refractivity contribution in [1.29, 1.82) is 0 Å². The Bertz CT molecular complexity index is 594. The van der Waals surface area contributed by atoms with Gasteiger partial charge in [0.05, 0.1) is 5.02 Å². The fourth-order valence-corrected chi connectivity index (χ4v) is 3.42. The second-order valence-electron chi connectivity index (χ2n) is 6.52. The summed E-state index contributed by atoms with van der Waals surface area (Å²) in [6.07, 6.45) is 3.53. The van der Waals surface area contributed by atoms with E-state index in [1.807, 2.05) is 6.07 Å². The molecule has 0 aromatic heterocycles. The van der Waals surface area contributed by atoms with Gasteiger partial charge in [0.2, 0.25) is 0 Å². The van der Waals surface area contributed by atoms with Gasteiger partial charge in [-0.2, -0.15) is 0 Å². The van der Waals surface area contributed by atoms with Crippen LogP contribution in [0.15, 0.2) is 23.2 Å². The van der Waals surface area contributed by atoms with E-state index in [0.29, 0.717) is 12.0 Å². The zero-order valence-corrected chi connectivity index (χ0v) is 17.1. The van der Waals surface area contributed by atoms with Gasteiger partial charge in [-0.3, -0.25) is 9.89 Å². The molecule has 1 heterocycles. The molecule has 0 amide bonds. The molecule has 24 heavy (non-hydrogen) atoms. The maximum atomic E-state index is 13.8. The zero-order chi connectivity index (χ0) is 16.4. The Morgan fingerprint density at radius 3 is 2.75 bits per heavy atom. The van der Waals surface area contributed by atoms with Gasteiger partial charge in [-0.1, -0.05) is 17.7 Å². The predicted octanol–water partition coefficient (Wildman–Crippen LogP) is 3.42. The molecular weight excluding hydrogens is 442 g/mol. The lowest BCUT2D eigenvalue weighted by atomic mass is 9.93. The number of benzene rings is 1. The lowest BCUT2D eigenvalue weighted by molar-refractivity contribution is 0.275. The first kappa shape index (κ1) is 19.7. The van der Waals surface area contributed by atoms with E-state index in [9.17, 15) is 4.39 Å². The van der Waals surface area contributed by atoms with Gasteiger partial charge in [0.1, 0.15) is 5.82 Å². The van der Waals surface area contributed by atoms with Crippen molar-refractivity contribution in [2.24, 2.45) is 10.9 Å². The van der Waals surface area contributed by atoms with E-state index in [2.05, 4.69) is 27.6 Å². The minimum Gasteiger partial charge on any atom is -0.356 e. The van der Waals surface area contributed by atoms with Gasteiger partial charge in [0, 0.05) is 25.7 Å². The molecular formula is C17H25ClFIN4. The maximum absolute atomic E-state index is 13.8. The van der Waals surface area contributed by atoms with Crippen LogP contribution >= 0.6 is 35.6 Å². The Morgan fingerprint density at radius 1 is 1.38 bits per heavy atom. The second kappa shape index (κ2) is 8.67. The Morgan fingerprint density at radius 2 is 2.12 bits per heavy atom. The van der Waals surface area contributed by atoms with Crippen molar-refractivity contribution in [1.82, 2.24) is 15.5 Å². The number of hydrogen-bond donors (Lipinski definition) is 2. The summed E-state index contributed by atoms with van der Waals surface area (Å²) in [5.41, 5.74) is 0.990. The summed E-state index contributed by atoms with van der Waals surface area (Å²) in [4.78, 5) is 6.56. The van der Waals surface area contributed by atoms with Crippen molar-refractivity contribution in [3.63, 3.8) is 0 Å². The Labute approximate surface area is 165 Å². The van der Waals surface area contributed by atoms with Crippen molar-refractivity contribution >= 4 is 41.5 Å². The highest BCUT2D eigenvalue weighted by atomic mass is 127. The first-order valence-corrected chi connectivity index (χ1v) is 8.58. The van der Waals surface area contributed by atoms with E-state index in [4.69, 9.17) is 11.6 Å². The van der Waals surface area contributed by atoms with E-state index in [-0.39, 0.29) is 40.9 Å². The van der Waals surface area contributed by atoms with E-state index in [1.165, 1.54) is 12.8 Å². The van der Waals surface area contributed by atoms with Crippen LogP contribution in [0.25, 0.3) is 0 Å². The molecule has 7 heteroatoms. The molecule has 2 N–H and O–H groups in total. The largest absolute Gasteiger partial charge is 0.356 e. The molecule has 1 aliphatic heterocycles. The van der Waals surface area contributed by atoms with Crippen LogP contribution in [0.3, 0.4) is 0 Å². The number of nitrogens with one attached hydrogen (secondary N) is 2. The third-order valence-corrected chi connectivity index (χ3v) is 5.04. The van der Waals surface area contributed by atoms with Gasteiger partial charge < -0.3 is 10.6 Å². The van der Waals surface area contributed by atoms with Crippen LogP contribution in [-0.4, -0.2) is 44.1 Å². The zero-order valence-electron chi connectivity index (χ0n) is 14.1. The van der Waals surface area contributed by atoms with Crippen molar-refractivity contribution in [2.75, 3.05) is 27.2 Å². The number of likely N-dealkylation sites (tertiary alicyclic amines) is 1. The number of halogens is 3. The molecule has 2 aliphatic rings. The molecule has 0 spiro atoms. The summed E-state index contributed by atoms with van der Waals surface area (Å²) >= 11 is 5.81. The molecule has 2 atom stereocenters. The summed E-state index contributed by atoms with van der Waals surface area (Å²) in [7, 11) is 3.89. The molecule has 0 radical (unpaired) electrons. The van der Waals surface area contributed by atoms with E-state index in [1.54, 1.807) is 19.2 Å². The predicted molar refractivity (Wildman–Crippen MR) is 108 cm³/mol. The molecule has 2 fully saturated rings. The number of guanidine groups is 1. The van der Waals surface area contributed by atoms with E-state index >= 15 is 0 Å². The average Bonchev–Trinajstić information content (AvgIpc) is 3.28. The van der Waals surface area contributed by atoms with Crippen molar-refractivity contribution in [3.8, 4) is 0 Å². The first-order chi connectivity index (χ1) is 11.1. The van der Waals surface area contributed by atoms with Crippen molar-refractivity contribution in [3.05, 3.63) is 34.6 Å². The third kappa shape index (κ3) is 4.73. The van der Waals surface area contributed by atoms with Crippen LogP contribution in [0.5, 0.6) is 0 Å². The van der Waals surface area contributed by atoms with Gasteiger partial charge in [0.15, 0.2) is 5.96 Å². The molecule has 1 aromatic rings. The highest BCUT2D eigenvalue weighted by Gasteiger charge is 2.33.